The molecule has 5 amide bonds. The van der Waals surface area contributed by atoms with Crippen molar-refractivity contribution in [3.8, 4) is 0 Å². The smallest absolute Gasteiger partial charge is 0.475 e. The van der Waals surface area contributed by atoms with E-state index in [4.69, 9.17) is 27.1 Å². The summed E-state index contributed by atoms with van der Waals surface area (Å²) in [7, 11) is 0. The molecular formula is C52H93F3N8O7. The van der Waals surface area contributed by atoms with Crippen LogP contribution in [0.2, 0.25) is 0 Å². The minimum Gasteiger partial charge on any atom is -0.475 e. The van der Waals surface area contributed by atoms with Crippen LogP contribution in [0.15, 0.2) is 41.4 Å². The number of carboxylic acid groups (broad SMARTS) is 1. The highest BCUT2D eigenvalue weighted by atomic mass is 19.4. The average Bonchev–Trinajstić information content (AvgIpc) is 3.30. The number of carboxylic acids is 1. The van der Waals surface area contributed by atoms with E-state index in [-0.39, 0.29) is 56.9 Å². The first kappa shape index (κ1) is 67.2. The molecule has 404 valence electrons. The standard InChI is InChI=1S/C50H92N8O5.C2HF3O2/c1-3-5-7-9-11-13-15-17-19-21-23-25-27-29-31-35-45(59)54-40-42-58(48(62)38-37-47(61)57-44(49(51)63)34-33-39-56-50(52)53)43-41-55-46(60)36-32-30-28-26-24-22-20-18-16-14-12-10-8-6-4-2;3-2(4,5)1(6)7/h17-20,37-38,44H,3-16,21-36,39-43H2,1-2H3,(H2,51,63)(H,54,59)(H,55,60)(H,57,61)(H4,52,53,56);(H,6,7)/b19-17-,20-18-,38-37-;/t44-;/m0./s1. The number of nitrogens with one attached hydrogen (secondary N) is 3. The number of primary amides is 1. The fourth-order valence-electron chi connectivity index (χ4n) is 7.14. The predicted molar refractivity (Wildman–Crippen MR) is 275 cm³/mol. The quantitative estimate of drug-likeness (QED) is 0.0101. The monoisotopic (exact) mass is 999 g/mol. The molecule has 0 aliphatic heterocycles. The third kappa shape index (κ3) is 48.1. The van der Waals surface area contributed by atoms with Crippen LogP contribution in [-0.4, -0.2) is 96.4 Å². The molecule has 0 bridgehead atoms. The maximum atomic E-state index is 13.2. The van der Waals surface area contributed by atoms with Crippen LogP contribution in [0.4, 0.5) is 13.2 Å². The summed E-state index contributed by atoms with van der Waals surface area (Å²) < 4.78 is 31.7. The Bertz CT molecular complexity index is 1450. The number of halogens is 3. The van der Waals surface area contributed by atoms with Gasteiger partial charge in [0.1, 0.15) is 6.04 Å². The van der Waals surface area contributed by atoms with Crippen molar-refractivity contribution in [3.05, 3.63) is 36.5 Å². The number of carbonyl (C=O) groups is 6. The summed E-state index contributed by atoms with van der Waals surface area (Å²) in [6, 6.07) is -0.962. The number of rotatable bonds is 44. The normalized spacial score (nSPS) is 11.8. The summed E-state index contributed by atoms with van der Waals surface area (Å²) in [6.45, 7) is 5.63. The van der Waals surface area contributed by atoms with Gasteiger partial charge in [0.05, 0.1) is 0 Å². The number of aliphatic carboxylic acids is 1. The number of carbonyl (C=O) groups excluding carboxylic acids is 5. The fourth-order valence-corrected chi connectivity index (χ4v) is 7.14. The lowest BCUT2D eigenvalue weighted by molar-refractivity contribution is -0.192. The van der Waals surface area contributed by atoms with Gasteiger partial charge in [-0.3, -0.25) is 29.0 Å². The molecule has 0 heterocycles. The number of aliphatic imine (C=N–C) groups is 1. The number of guanidine groups is 1. The SMILES string of the molecule is CCCCCCCC/C=C\CCCCCCCC(=O)NCCN(CCNC(=O)CCCCCCC/C=C\CCCCCCCC)C(=O)/C=C\C(=O)N[C@@H](CCCN=C(N)N)C(N)=O.O=C(O)C(F)(F)F. The second-order valence-corrected chi connectivity index (χ2v) is 17.7. The van der Waals surface area contributed by atoms with Crippen LogP contribution >= 0.6 is 0 Å². The topological polar surface area (TPSA) is 252 Å². The second-order valence-electron chi connectivity index (χ2n) is 17.7. The van der Waals surface area contributed by atoms with E-state index in [0.717, 1.165) is 76.4 Å². The summed E-state index contributed by atoms with van der Waals surface area (Å²) in [6.07, 6.45) is 38.8. The molecule has 18 heteroatoms. The van der Waals surface area contributed by atoms with Crippen molar-refractivity contribution < 1.29 is 47.0 Å². The van der Waals surface area contributed by atoms with Gasteiger partial charge in [0.2, 0.25) is 29.5 Å². The van der Waals surface area contributed by atoms with Crippen molar-refractivity contribution in [1.29, 1.82) is 0 Å². The number of hydrogen-bond acceptors (Lipinski definition) is 7. The number of nitrogens with zero attached hydrogens (tertiary/aromatic N) is 2. The number of nitrogens with two attached hydrogens (primary N) is 3. The van der Waals surface area contributed by atoms with Gasteiger partial charge in [-0.1, -0.05) is 141 Å². The van der Waals surface area contributed by atoms with Gasteiger partial charge in [-0.05, 0) is 77.0 Å². The number of hydrogen-bond donors (Lipinski definition) is 7. The van der Waals surface area contributed by atoms with Crippen molar-refractivity contribution in [2.24, 2.45) is 22.2 Å². The van der Waals surface area contributed by atoms with Gasteiger partial charge in [0.25, 0.3) is 0 Å². The summed E-state index contributed by atoms with van der Waals surface area (Å²) in [5.74, 6) is -4.81. The van der Waals surface area contributed by atoms with Crippen molar-refractivity contribution in [2.75, 3.05) is 32.7 Å². The van der Waals surface area contributed by atoms with Crippen molar-refractivity contribution in [2.45, 2.75) is 219 Å². The van der Waals surface area contributed by atoms with E-state index in [9.17, 15) is 37.1 Å². The van der Waals surface area contributed by atoms with Gasteiger partial charge in [0.15, 0.2) is 5.96 Å². The molecule has 1 atom stereocenters. The number of alkyl halides is 3. The van der Waals surface area contributed by atoms with E-state index >= 15 is 0 Å². The summed E-state index contributed by atoms with van der Waals surface area (Å²) in [5.41, 5.74) is 16.1. The van der Waals surface area contributed by atoms with Gasteiger partial charge in [-0.15, -0.1) is 0 Å². The van der Waals surface area contributed by atoms with Crippen LogP contribution in [0.1, 0.15) is 206 Å². The molecule has 0 rings (SSSR count). The third-order valence-corrected chi connectivity index (χ3v) is 11.3. The Kier molecular flexibility index (Phi) is 45.8. The molecule has 70 heavy (non-hydrogen) atoms. The van der Waals surface area contributed by atoms with Crippen LogP contribution in [0.3, 0.4) is 0 Å². The molecule has 0 aromatic heterocycles. The Hall–Kier alpha value is -4.90. The minimum atomic E-state index is -5.08. The molecule has 0 unspecified atom stereocenters. The van der Waals surface area contributed by atoms with Crippen LogP contribution in [0.25, 0.3) is 0 Å². The Morgan fingerprint density at radius 1 is 0.571 bits per heavy atom. The molecular weight excluding hydrogens is 906 g/mol. The van der Waals surface area contributed by atoms with Crippen molar-refractivity contribution in [1.82, 2.24) is 20.9 Å². The molecule has 0 aliphatic carbocycles. The Morgan fingerprint density at radius 3 is 1.30 bits per heavy atom. The largest absolute Gasteiger partial charge is 0.490 e. The fraction of sp³-hybridized carbons (Fsp3) is 0.750. The molecule has 15 nitrogen and oxygen atoms in total. The highest BCUT2D eigenvalue weighted by Crippen LogP contribution is 2.14. The van der Waals surface area contributed by atoms with Gasteiger partial charge in [0, 0.05) is 57.7 Å². The highest BCUT2D eigenvalue weighted by Gasteiger charge is 2.38. The lowest BCUT2D eigenvalue weighted by Crippen LogP contribution is -2.44. The predicted octanol–water partition coefficient (Wildman–Crippen LogP) is 9.34. The van der Waals surface area contributed by atoms with Crippen LogP contribution in [0.5, 0.6) is 0 Å². The Morgan fingerprint density at radius 2 is 0.943 bits per heavy atom. The molecule has 0 aliphatic rings. The molecule has 0 saturated heterocycles. The van der Waals surface area contributed by atoms with Gasteiger partial charge in [-0.2, -0.15) is 13.2 Å². The summed E-state index contributed by atoms with van der Waals surface area (Å²) >= 11 is 0. The van der Waals surface area contributed by atoms with Gasteiger partial charge >= 0.3 is 12.1 Å². The van der Waals surface area contributed by atoms with Crippen molar-refractivity contribution in [3.63, 3.8) is 0 Å². The molecule has 0 saturated carbocycles. The van der Waals surface area contributed by atoms with E-state index in [1.807, 2.05) is 0 Å². The summed E-state index contributed by atoms with van der Waals surface area (Å²) in [5, 5.41) is 15.5. The molecule has 0 aromatic carbocycles. The zero-order valence-corrected chi connectivity index (χ0v) is 42.9. The lowest BCUT2D eigenvalue weighted by Gasteiger charge is -2.22. The molecule has 0 fully saturated rings. The molecule has 0 radical (unpaired) electrons. The van der Waals surface area contributed by atoms with Crippen LogP contribution in [-0.2, 0) is 28.8 Å². The first-order valence-electron chi connectivity index (χ1n) is 26.3. The Balaban J connectivity index is 0. The van der Waals surface area contributed by atoms with E-state index < -0.39 is 35.9 Å². The third-order valence-electron chi connectivity index (χ3n) is 11.3. The van der Waals surface area contributed by atoms with E-state index in [1.54, 1.807) is 0 Å². The van der Waals surface area contributed by atoms with E-state index in [0.29, 0.717) is 19.3 Å². The maximum Gasteiger partial charge on any atom is 0.490 e. The minimum absolute atomic E-state index is 0.0689. The lowest BCUT2D eigenvalue weighted by atomic mass is 10.1. The first-order valence-corrected chi connectivity index (χ1v) is 26.3. The zero-order chi connectivity index (χ0) is 52.5. The van der Waals surface area contributed by atoms with E-state index in [1.165, 1.54) is 108 Å². The summed E-state index contributed by atoms with van der Waals surface area (Å²) in [4.78, 5) is 77.2. The highest BCUT2D eigenvalue weighted by molar-refractivity contribution is 5.98. The molecule has 10 N–H and O–H groups in total. The first-order chi connectivity index (χ1) is 33.5. The number of unbranched alkanes of at least 4 members (excludes halogenated alkanes) is 22. The van der Waals surface area contributed by atoms with Gasteiger partial charge in [-0.25, -0.2) is 4.79 Å². The second kappa shape index (κ2) is 47.8. The maximum absolute atomic E-state index is 13.2. The van der Waals surface area contributed by atoms with Gasteiger partial charge < -0.3 is 43.2 Å². The van der Waals surface area contributed by atoms with Crippen molar-refractivity contribution >= 4 is 41.5 Å². The number of allylic oxidation sites excluding steroid dienone is 4. The average molecular weight is 999 g/mol. The van der Waals surface area contributed by atoms with Crippen LogP contribution in [0, 0.1) is 0 Å². The van der Waals surface area contributed by atoms with E-state index in [2.05, 4.69) is 59.1 Å². The zero-order valence-electron chi connectivity index (χ0n) is 42.9. The molecule has 0 spiro atoms. The number of amides is 5. The Labute approximate surface area is 418 Å². The van der Waals surface area contributed by atoms with Crippen LogP contribution < -0.4 is 33.2 Å². The molecule has 0 aromatic rings.